The number of anilines is 3. The Kier molecular flexibility index (Phi) is 2.93. The van der Waals surface area contributed by atoms with Gasteiger partial charge in [0.05, 0.1) is 28.3 Å². The van der Waals surface area contributed by atoms with Gasteiger partial charge < -0.3 is 16.2 Å². The van der Waals surface area contributed by atoms with Gasteiger partial charge in [-0.1, -0.05) is 0 Å². The molecule has 0 radical (unpaired) electrons. The van der Waals surface area contributed by atoms with E-state index in [0.717, 1.165) is 11.4 Å². The van der Waals surface area contributed by atoms with Gasteiger partial charge in [0.2, 0.25) is 0 Å². The lowest BCUT2D eigenvalue weighted by Crippen LogP contribution is -2.01. The molecule has 0 unspecified atom stereocenters. The predicted molar refractivity (Wildman–Crippen MR) is 69.0 cm³/mol. The molecule has 2 aromatic rings. The highest BCUT2D eigenvalue weighted by Crippen LogP contribution is 2.25. The molecule has 1 heterocycles. The van der Waals surface area contributed by atoms with Crippen LogP contribution in [0.1, 0.15) is 16.1 Å². The van der Waals surface area contributed by atoms with Crippen molar-refractivity contribution < 1.29 is 9.90 Å². The van der Waals surface area contributed by atoms with Gasteiger partial charge in [0.1, 0.15) is 0 Å². The number of carboxylic acid groups (broad SMARTS) is 1. The first-order chi connectivity index (χ1) is 8.47. The number of nitrogens with one attached hydrogen (secondary N) is 1. The van der Waals surface area contributed by atoms with E-state index in [1.807, 2.05) is 20.2 Å². The molecule has 0 bridgehead atoms. The van der Waals surface area contributed by atoms with Crippen LogP contribution < -0.4 is 11.1 Å². The van der Waals surface area contributed by atoms with Crippen molar-refractivity contribution >= 4 is 23.0 Å². The molecule has 4 N–H and O–H groups in total. The standard InChI is InChI=1S/C12H14N4O2/c1-7-11(6-16(2)15-7)14-10-4-3-8(12(17)18)5-9(10)13/h3-6,14H,13H2,1-2H3,(H,17,18). The van der Waals surface area contributed by atoms with Gasteiger partial charge in [-0.3, -0.25) is 4.68 Å². The van der Waals surface area contributed by atoms with Crippen LogP contribution in [0.25, 0.3) is 0 Å². The van der Waals surface area contributed by atoms with Gasteiger partial charge >= 0.3 is 5.97 Å². The van der Waals surface area contributed by atoms with Crippen LogP contribution in [0.5, 0.6) is 0 Å². The van der Waals surface area contributed by atoms with Crippen LogP contribution in [0.2, 0.25) is 0 Å². The minimum atomic E-state index is -0.995. The Morgan fingerprint density at radius 2 is 2.17 bits per heavy atom. The summed E-state index contributed by atoms with van der Waals surface area (Å²) in [5.74, 6) is -0.995. The van der Waals surface area contributed by atoms with Crippen molar-refractivity contribution in [2.75, 3.05) is 11.1 Å². The van der Waals surface area contributed by atoms with Crippen molar-refractivity contribution in [3.05, 3.63) is 35.7 Å². The highest BCUT2D eigenvalue weighted by Gasteiger charge is 2.08. The highest BCUT2D eigenvalue weighted by atomic mass is 16.4. The van der Waals surface area contributed by atoms with Crippen molar-refractivity contribution in [2.45, 2.75) is 6.92 Å². The van der Waals surface area contributed by atoms with Crippen LogP contribution in [-0.2, 0) is 7.05 Å². The monoisotopic (exact) mass is 246 g/mol. The number of aromatic nitrogens is 2. The third kappa shape index (κ3) is 2.27. The molecule has 94 valence electrons. The zero-order valence-electron chi connectivity index (χ0n) is 10.1. The number of hydrogen-bond donors (Lipinski definition) is 3. The van der Waals surface area contributed by atoms with Crippen molar-refractivity contribution in [3.8, 4) is 0 Å². The molecule has 6 heteroatoms. The molecule has 0 amide bonds. The summed E-state index contributed by atoms with van der Waals surface area (Å²) in [5.41, 5.74) is 8.72. The fourth-order valence-electron chi connectivity index (χ4n) is 1.68. The minimum absolute atomic E-state index is 0.168. The molecule has 0 spiro atoms. The maximum Gasteiger partial charge on any atom is 0.335 e. The van der Waals surface area contributed by atoms with Crippen LogP contribution >= 0.6 is 0 Å². The van der Waals surface area contributed by atoms with Crippen LogP contribution in [0.15, 0.2) is 24.4 Å². The average Bonchev–Trinajstić information content (AvgIpc) is 2.60. The van der Waals surface area contributed by atoms with Gasteiger partial charge in [0, 0.05) is 13.2 Å². The van der Waals surface area contributed by atoms with E-state index in [4.69, 9.17) is 10.8 Å². The molecule has 0 aliphatic heterocycles. The molecule has 0 fully saturated rings. The summed E-state index contributed by atoms with van der Waals surface area (Å²) < 4.78 is 1.69. The Labute approximate surface area is 104 Å². The molecule has 0 atom stereocenters. The number of nitrogens with zero attached hydrogens (tertiary/aromatic N) is 2. The van der Waals surface area contributed by atoms with E-state index < -0.39 is 5.97 Å². The maximum absolute atomic E-state index is 10.8. The largest absolute Gasteiger partial charge is 0.478 e. The number of benzene rings is 1. The number of nitrogen functional groups attached to an aromatic ring is 1. The van der Waals surface area contributed by atoms with E-state index in [-0.39, 0.29) is 5.56 Å². The first-order valence-electron chi connectivity index (χ1n) is 5.37. The Bertz CT molecular complexity index is 604. The molecule has 2 rings (SSSR count). The molecule has 6 nitrogen and oxygen atoms in total. The number of rotatable bonds is 3. The highest BCUT2D eigenvalue weighted by molar-refractivity contribution is 5.90. The number of aryl methyl sites for hydroxylation is 2. The average molecular weight is 246 g/mol. The first-order valence-corrected chi connectivity index (χ1v) is 5.37. The Hall–Kier alpha value is -2.50. The van der Waals surface area contributed by atoms with E-state index in [1.54, 1.807) is 10.7 Å². The number of hydrogen-bond acceptors (Lipinski definition) is 4. The summed E-state index contributed by atoms with van der Waals surface area (Å²) in [6, 6.07) is 4.58. The zero-order valence-corrected chi connectivity index (χ0v) is 10.1. The first kappa shape index (κ1) is 12.0. The lowest BCUT2D eigenvalue weighted by Gasteiger charge is -2.08. The minimum Gasteiger partial charge on any atom is -0.478 e. The second-order valence-electron chi connectivity index (χ2n) is 4.03. The number of aromatic carboxylic acids is 1. The summed E-state index contributed by atoms with van der Waals surface area (Å²) >= 11 is 0. The molecule has 0 saturated heterocycles. The van der Waals surface area contributed by atoms with Gasteiger partial charge in [-0.25, -0.2) is 4.79 Å². The topological polar surface area (TPSA) is 93.2 Å². The second-order valence-corrected chi connectivity index (χ2v) is 4.03. The molecular weight excluding hydrogens is 232 g/mol. The molecule has 0 aliphatic carbocycles. The van der Waals surface area contributed by atoms with E-state index in [1.165, 1.54) is 12.1 Å². The van der Waals surface area contributed by atoms with Gasteiger partial charge in [-0.15, -0.1) is 0 Å². The van der Waals surface area contributed by atoms with Crippen LogP contribution in [0.3, 0.4) is 0 Å². The summed E-state index contributed by atoms with van der Waals surface area (Å²) in [4.78, 5) is 10.8. The quantitative estimate of drug-likeness (QED) is 0.717. The predicted octanol–water partition coefficient (Wildman–Crippen LogP) is 1.75. The smallest absolute Gasteiger partial charge is 0.335 e. The summed E-state index contributed by atoms with van der Waals surface area (Å²) in [5, 5.41) is 16.2. The fourth-order valence-corrected chi connectivity index (χ4v) is 1.68. The molecule has 18 heavy (non-hydrogen) atoms. The van der Waals surface area contributed by atoms with Crippen LogP contribution in [0, 0.1) is 6.92 Å². The lowest BCUT2D eigenvalue weighted by atomic mass is 10.1. The van der Waals surface area contributed by atoms with Crippen molar-refractivity contribution in [1.29, 1.82) is 0 Å². The molecular formula is C12H14N4O2. The normalized spacial score (nSPS) is 10.3. The number of nitrogens with two attached hydrogens (primary N) is 1. The van der Waals surface area contributed by atoms with E-state index in [9.17, 15) is 4.79 Å². The van der Waals surface area contributed by atoms with Crippen LogP contribution in [-0.4, -0.2) is 20.9 Å². The van der Waals surface area contributed by atoms with E-state index in [2.05, 4.69) is 10.4 Å². The third-order valence-electron chi connectivity index (χ3n) is 2.58. The van der Waals surface area contributed by atoms with Crippen molar-refractivity contribution in [1.82, 2.24) is 9.78 Å². The Morgan fingerprint density at radius 1 is 1.44 bits per heavy atom. The molecule has 1 aromatic carbocycles. The van der Waals surface area contributed by atoms with Crippen molar-refractivity contribution in [2.24, 2.45) is 7.05 Å². The summed E-state index contributed by atoms with van der Waals surface area (Å²) in [6.45, 7) is 1.88. The van der Waals surface area contributed by atoms with Gasteiger partial charge in [0.15, 0.2) is 0 Å². The third-order valence-corrected chi connectivity index (χ3v) is 2.58. The van der Waals surface area contributed by atoms with Gasteiger partial charge in [-0.05, 0) is 25.1 Å². The summed E-state index contributed by atoms with van der Waals surface area (Å²) in [7, 11) is 1.83. The fraction of sp³-hybridized carbons (Fsp3) is 0.167. The number of carbonyl (C=O) groups is 1. The Balaban J connectivity index is 2.30. The van der Waals surface area contributed by atoms with Crippen LogP contribution in [0.4, 0.5) is 17.1 Å². The molecule has 0 aliphatic rings. The maximum atomic E-state index is 10.8. The second kappa shape index (κ2) is 4.40. The lowest BCUT2D eigenvalue weighted by molar-refractivity contribution is 0.0697. The summed E-state index contributed by atoms with van der Waals surface area (Å²) in [6.07, 6.45) is 1.83. The molecule has 0 saturated carbocycles. The zero-order chi connectivity index (χ0) is 13.3. The SMILES string of the molecule is Cc1nn(C)cc1Nc1ccc(C(=O)O)cc1N. The Morgan fingerprint density at radius 3 is 2.67 bits per heavy atom. The van der Waals surface area contributed by atoms with E-state index in [0.29, 0.717) is 11.4 Å². The van der Waals surface area contributed by atoms with Gasteiger partial charge in [0.25, 0.3) is 0 Å². The number of carboxylic acids is 1. The van der Waals surface area contributed by atoms with Gasteiger partial charge in [-0.2, -0.15) is 5.10 Å². The molecule has 1 aromatic heterocycles. The van der Waals surface area contributed by atoms with E-state index >= 15 is 0 Å². The van der Waals surface area contributed by atoms with Crippen molar-refractivity contribution in [3.63, 3.8) is 0 Å².